The summed E-state index contributed by atoms with van der Waals surface area (Å²) < 4.78 is 32.6. The number of nitrogens with zero attached hydrogens (tertiary/aromatic N) is 2. The predicted molar refractivity (Wildman–Crippen MR) is 81.9 cm³/mol. The molecule has 2 atom stereocenters. The highest BCUT2D eigenvalue weighted by atomic mass is 32.2. The number of sulfonamides is 1. The molecule has 1 aliphatic rings. The van der Waals surface area contributed by atoms with E-state index in [9.17, 15) is 13.5 Å². The van der Waals surface area contributed by atoms with Gasteiger partial charge in [-0.2, -0.15) is 4.31 Å². The Hall–Kier alpha value is -1.54. The second kappa shape index (κ2) is 5.92. The number of hydrogen-bond donors (Lipinski definition) is 1. The number of fused-ring (bicyclic) bond motifs is 1. The number of methoxy groups -OCH3 is 1. The van der Waals surface area contributed by atoms with E-state index >= 15 is 0 Å². The number of pyridine rings is 1. The Kier molecular flexibility index (Phi) is 4.14. The Bertz CT molecular complexity index is 773. The van der Waals surface area contributed by atoms with Crippen LogP contribution < -0.4 is 0 Å². The van der Waals surface area contributed by atoms with Gasteiger partial charge in [-0.1, -0.05) is 6.07 Å². The molecule has 0 aliphatic carbocycles. The first-order chi connectivity index (χ1) is 10.6. The van der Waals surface area contributed by atoms with E-state index in [1.807, 2.05) is 0 Å². The van der Waals surface area contributed by atoms with Crippen LogP contribution in [0.2, 0.25) is 0 Å². The Labute approximate surface area is 129 Å². The fraction of sp³-hybridized carbons (Fsp3) is 0.400. The maximum Gasteiger partial charge on any atom is 0.244 e. The van der Waals surface area contributed by atoms with Crippen molar-refractivity contribution in [1.29, 1.82) is 0 Å². The fourth-order valence-electron chi connectivity index (χ4n) is 2.90. The molecular formula is C15H18N2O4S. The normalized spacial score (nSPS) is 23.2. The number of aromatic nitrogens is 1. The number of aliphatic hydroxyl groups is 1. The topological polar surface area (TPSA) is 79.7 Å². The average Bonchev–Trinajstić information content (AvgIpc) is 2.98. The van der Waals surface area contributed by atoms with Crippen LogP contribution in [-0.4, -0.2) is 55.2 Å². The molecule has 1 fully saturated rings. The van der Waals surface area contributed by atoms with Gasteiger partial charge in [0.05, 0.1) is 29.2 Å². The third kappa shape index (κ3) is 2.50. The molecule has 7 heteroatoms. The lowest BCUT2D eigenvalue weighted by Crippen LogP contribution is -2.38. The van der Waals surface area contributed by atoms with E-state index in [4.69, 9.17) is 4.74 Å². The van der Waals surface area contributed by atoms with E-state index in [1.54, 1.807) is 43.6 Å². The van der Waals surface area contributed by atoms with Crippen molar-refractivity contribution in [1.82, 2.24) is 9.29 Å². The molecule has 1 aromatic carbocycles. The van der Waals surface area contributed by atoms with Crippen LogP contribution in [-0.2, 0) is 14.8 Å². The van der Waals surface area contributed by atoms with Gasteiger partial charge in [-0.25, -0.2) is 8.42 Å². The molecular weight excluding hydrogens is 304 g/mol. The Morgan fingerprint density at radius 3 is 2.91 bits per heavy atom. The van der Waals surface area contributed by atoms with Gasteiger partial charge in [-0.05, 0) is 30.7 Å². The second-order valence-corrected chi connectivity index (χ2v) is 7.19. The molecule has 0 radical (unpaired) electrons. The molecule has 6 nitrogen and oxygen atoms in total. The maximum absolute atomic E-state index is 13.0. The van der Waals surface area contributed by atoms with Crippen LogP contribution in [0.5, 0.6) is 0 Å². The summed E-state index contributed by atoms with van der Waals surface area (Å²) in [6.45, 7) is 0.0306. The minimum Gasteiger partial charge on any atom is -0.395 e. The molecule has 2 heterocycles. The zero-order valence-corrected chi connectivity index (χ0v) is 13.0. The van der Waals surface area contributed by atoms with Crippen molar-refractivity contribution in [2.45, 2.75) is 23.5 Å². The molecule has 22 heavy (non-hydrogen) atoms. The van der Waals surface area contributed by atoms with Gasteiger partial charge in [0.15, 0.2) is 0 Å². The molecule has 3 rings (SSSR count). The molecule has 0 spiro atoms. The molecule has 118 valence electrons. The highest BCUT2D eigenvalue weighted by molar-refractivity contribution is 7.89. The van der Waals surface area contributed by atoms with Gasteiger partial charge in [0.25, 0.3) is 0 Å². The largest absolute Gasteiger partial charge is 0.395 e. The summed E-state index contributed by atoms with van der Waals surface area (Å²) in [5.41, 5.74) is 0.631. The highest BCUT2D eigenvalue weighted by Gasteiger charge is 2.40. The van der Waals surface area contributed by atoms with Gasteiger partial charge in [0.1, 0.15) is 0 Å². The van der Waals surface area contributed by atoms with Crippen molar-refractivity contribution >= 4 is 20.9 Å². The summed E-state index contributed by atoms with van der Waals surface area (Å²) in [6, 6.07) is 8.04. The van der Waals surface area contributed by atoms with Crippen molar-refractivity contribution in [2.24, 2.45) is 0 Å². The van der Waals surface area contributed by atoms with E-state index in [2.05, 4.69) is 4.98 Å². The fourth-order valence-corrected chi connectivity index (χ4v) is 4.76. The predicted octanol–water partition coefficient (Wildman–Crippen LogP) is 1.01. The van der Waals surface area contributed by atoms with Crippen LogP contribution >= 0.6 is 0 Å². The zero-order chi connectivity index (χ0) is 15.7. The summed E-state index contributed by atoms with van der Waals surface area (Å²) in [4.78, 5) is 4.41. The highest BCUT2D eigenvalue weighted by Crippen LogP contribution is 2.30. The lowest BCUT2D eigenvalue weighted by molar-refractivity contribution is 0.113. The van der Waals surface area contributed by atoms with Crippen LogP contribution in [0.4, 0.5) is 0 Å². The van der Waals surface area contributed by atoms with E-state index in [0.29, 0.717) is 17.3 Å². The van der Waals surface area contributed by atoms with Crippen LogP contribution in [0, 0.1) is 0 Å². The Morgan fingerprint density at radius 2 is 2.18 bits per heavy atom. The van der Waals surface area contributed by atoms with Crippen LogP contribution in [0.15, 0.2) is 41.4 Å². The molecule has 0 amide bonds. The smallest absolute Gasteiger partial charge is 0.244 e. The molecule has 0 unspecified atom stereocenters. The summed E-state index contributed by atoms with van der Waals surface area (Å²) in [5.74, 6) is 0. The van der Waals surface area contributed by atoms with Crippen molar-refractivity contribution in [3.05, 3.63) is 36.5 Å². The number of aliphatic hydroxyl groups excluding tert-OH is 1. The van der Waals surface area contributed by atoms with E-state index in [0.717, 1.165) is 0 Å². The van der Waals surface area contributed by atoms with Gasteiger partial charge < -0.3 is 9.84 Å². The van der Waals surface area contributed by atoms with Gasteiger partial charge in [-0.15, -0.1) is 0 Å². The number of benzene rings is 1. The minimum atomic E-state index is -3.72. The minimum absolute atomic E-state index is 0.194. The van der Waals surface area contributed by atoms with Gasteiger partial charge in [0, 0.05) is 25.2 Å². The van der Waals surface area contributed by atoms with Crippen molar-refractivity contribution in [2.75, 3.05) is 20.3 Å². The Balaban J connectivity index is 2.09. The number of rotatable bonds is 4. The first-order valence-electron chi connectivity index (χ1n) is 7.07. The molecule has 0 bridgehead atoms. The average molecular weight is 322 g/mol. The maximum atomic E-state index is 13.0. The summed E-state index contributed by atoms with van der Waals surface area (Å²) >= 11 is 0. The van der Waals surface area contributed by atoms with E-state index in [-0.39, 0.29) is 24.2 Å². The van der Waals surface area contributed by atoms with E-state index < -0.39 is 16.1 Å². The SMILES string of the molecule is CO[C@H]1C[C@@H](CO)N(S(=O)(=O)c2cccc3ncccc23)C1. The summed E-state index contributed by atoms with van der Waals surface area (Å²) in [7, 11) is -2.16. The summed E-state index contributed by atoms with van der Waals surface area (Å²) in [5, 5.41) is 10.1. The van der Waals surface area contributed by atoms with Crippen LogP contribution in [0.25, 0.3) is 10.9 Å². The standard InChI is InChI=1S/C15H18N2O4S/c1-21-12-8-11(10-18)17(9-12)22(19,20)15-6-2-5-14-13(15)4-3-7-16-14/h2-7,11-12,18H,8-10H2,1H3/t11-,12-/m0/s1. The molecule has 1 aliphatic heterocycles. The second-order valence-electron chi connectivity index (χ2n) is 5.33. The van der Waals surface area contributed by atoms with Gasteiger partial charge in [-0.3, -0.25) is 4.98 Å². The van der Waals surface area contributed by atoms with Crippen LogP contribution in [0.1, 0.15) is 6.42 Å². The monoisotopic (exact) mass is 322 g/mol. The molecule has 2 aromatic rings. The van der Waals surface area contributed by atoms with Gasteiger partial charge in [0.2, 0.25) is 10.0 Å². The van der Waals surface area contributed by atoms with Crippen molar-refractivity contribution < 1.29 is 18.3 Å². The molecule has 1 saturated heterocycles. The number of ether oxygens (including phenoxy) is 1. The first-order valence-corrected chi connectivity index (χ1v) is 8.51. The molecule has 1 N–H and O–H groups in total. The van der Waals surface area contributed by atoms with E-state index in [1.165, 1.54) is 4.31 Å². The van der Waals surface area contributed by atoms with Crippen LogP contribution in [0.3, 0.4) is 0 Å². The first kappa shape index (κ1) is 15.4. The zero-order valence-electron chi connectivity index (χ0n) is 12.2. The van der Waals surface area contributed by atoms with Crippen molar-refractivity contribution in [3.8, 4) is 0 Å². The molecule has 0 saturated carbocycles. The van der Waals surface area contributed by atoms with Crippen molar-refractivity contribution in [3.63, 3.8) is 0 Å². The lowest BCUT2D eigenvalue weighted by Gasteiger charge is -2.22. The third-order valence-electron chi connectivity index (χ3n) is 4.06. The quantitative estimate of drug-likeness (QED) is 0.908. The number of hydrogen-bond acceptors (Lipinski definition) is 5. The molecule has 1 aromatic heterocycles. The lowest BCUT2D eigenvalue weighted by atomic mass is 10.2. The Morgan fingerprint density at radius 1 is 1.36 bits per heavy atom. The third-order valence-corrected chi connectivity index (χ3v) is 6.04. The summed E-state index contributed by atoms with van der Waals surface area (Å²) in [6.07, 6.45) is 1.93. The van der Waals surface area contributed by atoms with Gasteiger partial charge >= 0.3 is 0 Å².